The van der Waals surface area contributed by atoms with Gasteiger partial charge in [-0.2, -0.15) is 0 Å². The number of aromatic amines is 1. The van der Waals surface area contributed by atoms with Gasteiger partial charge in [-0.05, 0) is 48.6 Å². The first-order chi connectivity index (χ1) is 12.1. The Bertz CT molecular complexity index is 905. The Morgan fingerprint density at radius 3 is 2.92 bits per heavy atom. The highest BCUT2D eigenvalue weighted by atomic mass is 16.5. The number of anilines is 2. The standard InChI is InChI=1S/C20H19N3O2/c1-23(2)20(24)13-5-3-6-17-15(11-13)16-12-14(8-9-18(16)25-17)22-19-7-4-10-21-19/h3-12,17,21-22H,1-2H3. The summed E-state index contributed by atoms with van der Waals surface area (Å²) in [6, 6.07) is 9.91. The molecule has 0 saturated carbocycles. The highest BCUT2D eigenvalue weighted by Gasteiger charge is 2.29. The number of aromatic nitrogens is 1. The van der Waals surface area contributed by atoms with E-state index in [1.165, 1.54) is 0 Å². The van der Waals surface area contributed by atoms with Gasteiger partial charge in [0.25, 0.3) is 5.91 Å². The Balaban J connectivity index is 1.71. The molecular formula is C20H19N3O2. The van der Waals surface area contributed by atoms with E-state index in [0.29, 0.717) is 5.57 Å². The summed E-state index contributed by atoms with van der Waals surface area (Å²) in [4.78, 5) is 17.1. The van der Waals surface area contributed by atoms with E-state index in [4.69, 9.17) is 4.74 Å². The van der Waals surface area contributed by atoms with Crippen LogP contribution in [0.5, 0.6) is 5.75 Å². The summed E-state index contributed by atoms with van der Waals surface area (Å²) >= 11 is 0. The van der Waals surface area contributed by atoms with Crippen molar-refractivity contribution in [3.8, 4) is 5.75 Å². The third-order valence-corrected chi connectivity index (χ3v) is 4.25. The summed E-state index contributed by atoms with van der Waals surface area (Å²) in [5.41, 5.74) is 3.62. The second-order valence-corrected chi connectivity index (χ2v) is 6.26. The number of amides is 1. The number of carbonyl (C=O) groups is 1. The second-order valence-electron chi connectivity index (χ2n) is 6.26. The summed E-state index contributed by atoms with van der Waals surface area (Å²) in [7, 11) is 3.51. The maximum Gasteiger partial charge on any atom is 0.253 e. The average molecular weight is 333 g/mol. The van der Waals surface area contributed by atoms with Crippen LogP contribution in [0.4, 0.5) is 11.5 Å². The van der Waals surface area contributed by atoms with Crippen LogP contribution in [0.25, 0.3) is 5.57 Å². The fourth-order valence-electron chi connectivity index (χ4n) is 3.02. The highest BCUT2D eigenvalue weighted by Crippen LogP contribution is 2.41. The van der Waals surface area contributed by atoms with E-state index < -0.39 is 0 Å². The molecule has 1 atom stereocenters. The largest absolute Gasteiger partial charge is 0.481 e. The van der Waals surface area contributed by atoms with E-state index in [1.54, 1.807) is 19.0 Å². The Hall–Kier alpha value is -3.21. The fraction of sp³-hybridized carbons (Fsp3) is 0.150. The number of hydrogen-bond acceptors (Lipinski definition) is 3. The van der Waals surface area contributed by atoms with Crippen LogP contribution in [-0.4, -0.2) is 36.0 Å². The number of allylic oxidation sites excluding steroid dienone is 2. The number of ether oxygens (including phenoxy) is 1. The van der Waals surface area contributed by atoms with E-state index >= 15 is 0 Å². The number of nitrogens with one attached hydrogen (secondary N) is 2. The predicted molar refractivity (Wildman–Crippen MR) is 98.8 cm³/mol. The first kappa shape index (κ1) is 15.3. The Morgan fingerprint density at radius 2 is 2.16 bits per heavy atom. The van der Waals surface area contributed by atoms with Crippen LogP contribution in [0.15, 0.2) is 66.4 Å². The van der Waals surface area contributed by atoms with Crippen LogP contribution >= 0.6 is 0 Å². The number of fused-ring (bicyclic) bond motifs is 3. The molecule has 2 aliphatic rings. The van der Waals surface area contributed by atoms with Crippen molar-refractivity contribution >= 4 is 23.0 Å². The predicted octanol–water partition coefficient (Wildman–Crippen LogP) is 3.49. The van der Waals surface area contributed by atoms with Crippen molar-refractivity contribution in [1.29, 1.82) is 0 Å². The minimum atomic E-state index is -0.167. The zero-order valence-corrected chi connectivity index (χ0v) is 14.1. The van der Waals surface area contributed by atoms with Gasteiger partial charge in [0.05, 0.1) is 0 Å². The smallest absolute Gasteiger partial charge is 0.253 e. The normalized spacial score (nSPS) is 17.6. The molecule has 1 amide bonds. The number of H-pyrrole nitrogens is 1. The third-order valence-electron chi connectivity index (χ3n) is 4.25. The van der Waals surface area contributed by atoms with Gasteiger partial charge >= 0.3 is 0 Å². The molecule has 1 aromatic carbocycles. The number of carbonyl (C=O) groups excluding carboxylic acids is 1. The molecule has 0 saturated heterocycles. The summed E-state index contributed by atoms with van der Waals surface area (Å²) in [6.45, 7) is 0. The van der Waals surface area contributed by atoms with Crippen molar-refractivity contribution in [2.45, 2.75) is 6.10 Å². The molecule has 0 bridgehead atoms. The quantitative estimate of drug-likeness (QED) is 0.904. The van der Waals surface area contributed by atoms with E-state index in [2.05, 4.69) is 16.4 Å². The van der Waals surface area contributed by atoms with Crippen LogP contribution < -0.4 is 10.1 Å². The lowest BCUT2D eigenvalue weighted by molar-refractivity contribution is -0.124. The van der Waals surface area contributed by atoms with E-state index in [1.807, 2.05) is 54.8 Å². The van der Waals surface area contributed by atoms with Crippen molar-refractivity contribution in [1.82, 2.24) is 9.88 Å². The average Bonchev–Trinajstić information content (AvgIpc) is 3.16. The van der Waals surface area contributed by atoms with Crippen LogP contribution in [-0.2, 0) is 4.79 Å². The topological polar surface area (TPSA) is 57.4 Å². The molecule has 25 heavy (non-hydrogen) atoms. The molecule has 126 valence electrons. The molecule has 0 radical (unpaired) electrons. The van der Waals surface area contributed by atoms with Gasteiger partial charge in [0.2, 0.25) is 0 Å². The van der Waals surface area contributed by atoms with Crippen molar-refractivity contribution in [2.75, 3.05) is 19.4 Å². The number of nitrogens with zero attached hydrogens (tertiary/aromatic N) is 1. The second kappa shape index (κ2) is 6.02. The molecule has 1 aromatic heterocycles. The first-order valence-corrected chi connectivity index (χ1v) is 8.15. The van der Waals surface area contributed by atoms with Gasteiger partial charge in [-0.15, -0.1) is 0 Å². The zero-order chi connectivity index (χ0) is 17.4. The molecule has 4 rings (SSSR count). The molecule has 5 nitrogen and oxygen atoms in total. The number of benzene rings is 1. The first-order valence-electron chi connectivity index (χ1n) is 8.15. The van der Waals surface area contributed by atoms with Gasteiger partial charge in [0.1, 0.15) is 17.7 Å². The summed E-state index contributed by atoms with van der Waals surface area (Å²) in [5, 5.41) is 3.33. The number of likely N-dealkylation sites (N-methyl/N-ethyl adjacent to an activating group) is 1. The molecule has 0 fully saturated rings. The zero-order valence-electron chi connectivity index (χ0n) is 14.1. The van der Waals surface area contributed by atoms with Gasteiger partial charge < -0.3 is 19.9 Å². The van der Waals surface area contributed by atoms with Crippen LogP contribution in [0.3, 0.4) is 0 Å². The molecule has 0 spiro atoms. The van der Waals surface area contributed by atoms with Gasteiger partial charge in [-0.25, -0.2) is 0 Å². The van der Waals surface area contributed by atoms with E-state index in [0.717, 1.165) is 28.4 Å². The Morgan fingerprint density at radius 1 is 1.28 bits per heavy atom. The molecule has 2 aromatic rings. The van der Waals surface area contributed by atoms with Crippen molar-refractivity contribution < 1.29 is 9.53 Å². The highest BCUT2D eigenvalue weighted by molar-refractivity contribution is 6.00. The molecule has 2 N–H and O–H groups in total. The van der Waals surface area contributed by atoms with Crippen molar-refractivity contribution in [2.24, 2.45) is 0 Å². The molecule has 1 unspecified atom stereocenters. The Labute approximate surface area is 146 Å². The van der Waals surface area contributed by atoms with Crippen LogP contribution in [0, 0.1) is 0 Å². The maximum absolute atomic E-state index is 12.4. The minimum Gasteiger partial charge on any atom is -0.481 e. The van der Waals surface area contributed by atoms with Crippen molar-refractivity contribution in [3.63, 3.8) is 0 Å². The minimum absolute atomic E-state index is 0.0214. The summed E-state index contributed by atoms with van der Waals surface area (Å²) < 4.78 is 6.02. The van der Waals surface area contributed by atoms with E-state index in [-0.39, 0.29) is 12.0 Å². The summed E-state index contributed by atoms with van der Waals surface area (Å²) in [6.07, 6.45) is 9.32. The molecule has 1 aliphatic carbocycles. The van der Waals surface area contributed by atoms with Crippen LogP contribution in [0.2, 0.25) is 0 Å². The Kier molecular flexibility index (Phi) is 3.69. The number of hydrogen-bond donors (Lipinski definition) is 2. The SMILES string of the molecule is CN(C)C(=O)C1=CC=CC2Oc3ccc(Nc4ccc[nH]4)cc3C2=C1. The van der Waals surface area contributed by atoms with Gasteiger partial charge in [-0.3, -0.25) is 4.79 Å². The van der Waals surface area contributed by atoms with Gasteiger partial charge in [-0.1, -0.05) is 6.08 Å². The fourth-order valence-corrected chi connectivity index (χ4v) is 3.02. The molecule has 1 aliphatic heterocycles. The molecule has 2 heterocycles. The molecular weight excluding hydrogens is 314 g/mol. The third kappa shape index (κ3) is 2.85. The van der Waals surface area contributed by atoms with Crippen LogP contribution in [0.1, 0.15) is 5.56 Å². The lowest BCUT2D eigenvalue weighted by Gasteiger charge is -2.11. The van der Waals surface area contributed by atoms with Gasteiger partial charge in [0, 0.05) is 42.7 Å². The monoisotopic (exact) mass is 333 g/mol. The van der Waals surface area contributed by atoms with E-state index in [9.17, 15) is 4.79 Å². The maximum atomic E-state index is 12.4. The van der Waals surface area contributed by atoms with Crippen molar-refractivity contribution in [3.05, 3.63) is 72.0 Å². The van der Waals surface area contributed by atoms with Gasteiger partial charge in [0.15, 0.2) is 0 Å². The lowest BCUT2D eigenvalue weighted by atomic mass is 10.00. The number of rotatable bonds is 3. The summed E-state index contributed by atoms with van der Waals surface area (Å²) in [5.74, 6) is 1.73. The lowest BCUT2D eigenvalue weighted by Crippen LogP contribution is -2.22. The molecule has 5 heteroatoms.